The number of benzene rings is 2. The first-order valence-corrected chi connectivity index (χ1v) is 8.00. The average molecular weight is 337 g/mol. The summed E-state index contributed by atoms with van der Waals surface area (Å²) in [6.45, 7) is 1.91. The Morgan fingerprint density at radius 3 is 2.52 bits per heavy atom. The molecule has 3 rings (SSSR count). The second-order valence-corrected chi connectivity index (χ2v) is 5.72. The van der Waals surface area contributed by atoms with Crippen LogP contribution in [0.2, 0.25) is 0 Å². The van der Waals surface area contributed by atoms with E-state index in [4.69, 9.17) is 4.74 Å². The number of nitrogens with zero attached hydrogens (tertiary/aromatic N) is 2. The molecule has 0 aliphatic carbocycles. The van der Waals surface area contributed by atoms with Gasteiger partial charge in [-0.1, -0.05) is 18.2 Å². The van der Waals surface area contributed by atoms with Gasteiger partial charge in [0.25, 0.3) is 5.91 Å². The number of nitrogens with one attached hydrogen (secondary N) is 1. The number of rotatable bonds is 4. The van der Waals surface area contributed by atoms with Gasteiger partial charge in [0.2, 0.25) is 5.91 Å². The number of aryl methyl sites for hydroxylation is 1. The predicted octanol–water partition coefficient (Wildman–Crippen LogP) is 3.13. The van der Waals surface area contributed by atoms with E-state index >= 15 is 0 Å². The number of amides is 2. The van der Waals surface area contributed by atoms with Gasteiger partial charge in [-0.15, -0.1) is 0 Å². The van der Waals surface area contributed by atoms with Crippen molar-refractivity contribution in [3.63, 3.8) is 0 Å². The van der Waals surface area contributed by atoms with E-state index in [0.29, 0.717) is 29.3 Å². The van der Waals surface area contributed by atoms with E-state index in [1.165, 1.54) is 5.01 Å². The van der Waals surface area contributed by atoms with Crippen molar-refractivity contribution in [1.29, 1.82) is 0 Å². The van der Waals surface area contributed by atoms with Crippen molar-refractivity contribution in [2.24, 2.45) is 5.10 Å². The van der Waals surface area contributed by atoms with Gasteiger partial charge in [-0.05, 0) is 42.8 Å². The van der Waals surface area contributed by atoms with Crippen LogP contribution in [-0.4, -0.2) is 24.6 Å². The summed E-state index contributed by atoms with van der Waals surface area (Å²) >= 11 is 0. The molecule has 6 nitrogen and oxygen atoms in total. The number of hydrogen-bond donors (Lipinski definition) is 1. The van der Waals surface area contributed by atoms with E-state index in [-0.39, 0.29) is 18.2 Å². The van der Waals surface area contributed by atoms with E-state index in [0.717, 1.165) is 5.56 Å². The lowest BCUT2D eigenvalue weighted by Gasteiger charge is -2.24. The number of anilines is 2. The molecule has 25 heavy (non-hydrogen) atoms. The number of methoxy groups -OCH3 is 1. The van der Waals surface area contributed by atoms with E-state index < -0.39 is 0 Å². The van der Waals surface area contributed by atoms with Crippen LogP contribution in [0, 0.1) is 6.92 Å². The highest BCUT2D eigenvalue weighted by Crippen LogP contribution is 2.24. The van der Waals surface area contributed by atoms with Crippen LogP contribution in [0.1, 0.15) is 18.4 Å². The third-order valence-corrected chi connectivity index (χ3v) is 3.99. The molecule has 6 heteroatoms. The molecule has 0 saturated carbocycles. The maximum Gasteiger partial charge on any atom is 0.271 e. The first-order valence-electron chi connectivity index (χ1n) is 8.00. The Hall–Kier alpha value is -3.15. The number of carbonyl (C=O) groups is 2. The molecule has 0 saturated heterocycles. The Morgan fingerprint density at radius 1 is 1.12 bits per heavy atom. The molecule has 0 bridgehead atoms. The lowest BCUT2D eigenvalue weighted by Crippen LogP contribution is -2.36. The third-order valence-electron chi connectivity index (χ3n) is 3.99. The van der Waals surface area contributed by atoms with Crippen LogP contribution < -0.4 is 15.1 Å². The Morgan fingerprint density at radius 2 is 1.84 bits per heavy atom. The second-order valence-electron chi connectivity index (χ2n) is 5.72. The zero-order chi connectivity index (χ0) is 17.8. The van der Waals surface area contributed by atoms with Crippen LogP contribution in [0.4, 0.5) is 11.4 Å². The molecule has 1 aliphatic heterocycles. The highest BCUT2D eigenvalue weighted by Gasteiger charge is 2.26. The quantitative estimate of drug-likeness (QED) is 0.932. The lowest BCUT2D eigenvalue weighted by atomic mass is 10.1. The van der Waals surface area contributed by atoms with Crippen LogP contribution in [0.25, 0.3) is 0 Å². The Balaban J connectivity index is 1.80. The molecule has 1 N–H and O–H groups in total. The summed E-state index contributed by atoms with van der Waals surface area (Å²) in [5.74, 6) is 0.288. The lowest BCUT2D eigenvalue weighted by molar-refractivity contribution is -0.118. The first kappa shape index (κ1) is 16.7. The fourth-order valence-corrected chi connectivity index (χ4v) is 2.58. The molecular formula is C19H19N3O3. The molecule has 128 valence electrons. The molecule has 1 aliphatic rings. The number of para-hydroxylation sites is 1. The van der Waals surface area contributed by atoms with Crippen LogP contribution in [-0.2, 0) is 9.59 Å². The smallest absolute Gasteiger partial charge is 0.271 e. The highest BCUT2D eigenvalue weighted by molar-refractivity contribution is 6.44. The van der Waals surface area contributed by atoms with E-state index in [1.807, 2.05) is 31.2 Å². The summed E-state index contributed by atoms with van der Waals surface area (Å²) in [5, 5.41) is 8.41. The molecule has 1 heterocycles. The van der Waals surface area contributed by atoms with Gasteiger partial charge in [0.15, 0.2) is 0 Å². The van der Waals surface area contributed by atoms with E-state index in [2.05, 4.69) is 10.4 Å². The van der Waals surface area contributed by atoms with Crippen LogP contribution in [0.3, 0.4) is 0 Å². The SMILES string of the molecule is COc1ccc(NC(=O)C2=NN(c3ccccc3C)C(=O)CC2)cc1. The predicted molar refractivity (Wildman–Crippen MR) is 97.0 cm³/mol. The number of ether oxygens (including phenoxy) is 1. The van der Waals surface area contributed by atoms with Gasteiger partial charge < -0.3 is 10.1 Å². The van der Waals surface area contributed by atoms with Gasteiger partial charge in [0.1, 0.15) is 11.5 Å². The minimum Gasteiger partial charge on any atom is -0.497 e. The zero-order valence-corrected chi connectivity index (χ0v) is 14.2. The van der Waals surface area contributed by atoms with Crippen molar-refractivity contribution in [2.45, 2.75) is 19.8 Å². The highest BCUT2D eigenvalue weighted by atomic mass is 16.5. The Kier molecular flexibility index (Phi) is 4.79. The van der Waals surface area contributed by atoms with Crippen LogP contribution >= 0.6 is 0 Å². The summed E-state index contributed by atoms with van der Waals surface area (Å²) in [7, 11) is 1.58. The van der Waals surface area contributed by atoms with Crippen LogP contribution in [0.15, 0.2) is 53.6 Å². The number of hydrogen-bond acceptors (Lipinski definition) is 4. The Bertz CT molecular complexity index is 828. The number of hydrazone groups is 1. The van der Waals surface area contributed by atoms with Gasteiger partial charge in [-0.3, -0.25) is 9.59 Å². The molecule has 0 fully saturated rings. The van der Waals surface area contributed by atoms with E-state index in [1.54, 1.807) is 31.4 Å². The summed E-state index contributed by atoms with van der Waals surface area (Å²) in [6.07, 6.45) is 0.576. The molecule has 0 aromatic heterocycles. The van der Waals surface area contributed by atoms with Crippen LogP contribution in [0.5, 0.6) is 5.75 Å². The first-order chi connectivity index (χ1) is 12.1. The van der Waals surface area contributed by atoms with Crippen molar-refractivity contribution >= 4 is 28.9 Å². The fourth-order valence-electron chi connectivity index (χ4n) is 2.58. The topological polar surface area (TPSA) is 71.0 Å². The maximum atomic E-state index is 12.5. The summed E-state index contributed by atoms with van der Waals surface area (Å²) in [4.78, 5) is 24.7. The van der Waals surface area contributed by atoms with Crippen molar-refractivity contribution in [2.75, 3.05) is 17.4 Å². The average Bonchev–Trinajstić information content (AvgIpc) is 2.63. The third kappa shape index (κ3) is 3.68. The minimum absolute atomic E-state index is 0.115. The molecule has 0 unspecified atom stereocenters. The molecule has 2 aromatic carbocycles. The summed E-state index contributed by atoms with van der Waals surface area (Å²) < 4.78 is 5.10. The summed E-state index contributed by atoms with van der Waals surface area (Å²) in [6, 6.07) is 14.5. The van der Waals surface area contributed by atoms with Crippen molar-refractivity contribution in [3.05, 3.63) is 54.1 Å². The minimum atomic E-state index is -0.309. The maximum absolute atomic E-state index is 12.5. The fraction of sp³-hybridized carbons (Fsp3) is 0.211. The molecule has 0 radical (unpaired) electrons. The second kappa shape index (κ2) is 7.17. The zero-order valence-electron chi connectivity index (χ0n) is 14.2. The molecule has 2 aromatic rings. The normalized spacial score (nSPS) is 14.1. The monoisotopic (exact) mass is 337 g/mol. The Labute approximate surface area is 146 Å². The van der Waals surface area contributed by atoms with Crippen molar-refractivity contribution < 1.29 is 14.3 Å². The largest absolute Gasteiger partial charge is 0.497 e. The standard InChI is InChI=1S/C19H19N3O3/c1-13-5-3-4-6-17(13)22-18(23)12-11-16(21-22)19(24)20-14-7-9-15(25-2)10-8-14/h3-10H,11-12H2,1-2H3,(H,20,24). The van der Waals surface area contributed by atoms with Gasteiger partial charge in [0.05, 0.1) is 12.8 Å². The summed E-state index contributed by atoms with van der Waals surface area (Å²) in [5.41, 5.74) is 2.60. The molecule has 0 atom stereocenters. The van der Waals surface area contributed by atoms with E-state index in [9.17, 15) is 9.59 Å². The number of carbonyl (C=O) groups excluding carboxylic acids is 2. The van der Waals surface area contributed by atoms with Crippen molar-refractivity contribution in [3.8, 4) is 5.75 Å². The molecular weight excluding hydrogens is 318 g/mol. The van der Waals surface area contributed by atoms with Gasteiger partial charge in [-0.25, -0.2) is 5.01 Å². The van der Waals surface area contributed by atoms with Gasteiger partial charge in [0, 0.05) is 18.5 Å². The molecule has 0 spiro atoms. The van der Waals surface area contributed by atoms with Gasteiger partial charge in [-0.2, -0.15) is 5.10 Å². The van der Waals surface area contributed by atoms with Gasteiger partial charge >= 0.3 is 0 Å². The molecule has 2 amide bonds. The van der Waals surface area contributed by atoms with Crippen molar-refractivity contribution in [1.82, 2.24) is 0 Å².